The fourth-order valence-corrected chi connectivity index (χ4v) is 7.07. The molecule has 0 aromatic heterocycles. The van der Waals surface area contributed by atoms with Crippen molar-refractivity contribution in [1.82, 2.24) is 0 Å². The van der Waals surface area contributed by atoms with Gasteiger partial charge in [0, 0.05) is 10.9 Å². The van der Waals surface area contributed by atoms with E-state index in [4.69, 9.17) is 11.6 Å². The molecule has 1 aromatic carbocycles. The van der Waals surface area contributed by atoms with Crippen LogP contribution in [0.5, 0.6) is 0 Å². The van der Waals surface area contributed by atoms with E-state index in [0.717, 1.165) is 16.7 Å². The zero-order valence-electron chi connectivity index (χ0n) is 14.1. The number of aliphatic imine (C=N–C) groups is 1. The van der Waals surface area contributed by atoms with Gasteiger partial charge in [0.05, 0.1) is 28.7 Å². The zero-order chi connectivity index (χ0) is 21.8. The molecule has 0 bridgehead atoms. The summed E-state index contributed by atoms with van der Waals surface area (Å²) in [5.74, 6) is -2.24. The van der Waals surface area contributed by atoms with Crippen molar-refractivity contribution in [3.05, 3.63) is 29.3 Å². The normalized spacial score (nSPS) is 25.5. The standard InChI is InChI=1S/C15H11ClF6N2O3S2/c16-4-12(25)23-13-24(10-5-29(26,27)6-11(10)28-13)9-2-7(14(17,18)19)1-8(3-9)15(20,21)22/h1-3,10-11H,4-6H2/t10-,11+/m1/s1. The van der Waals surface area contributed by atoms with Gasteiger partial charge < -0.3 is 4.90 Å². The maximum atomic E-state index is 13.2. The number of nitrogens with zero attached hydrogens (tertiary/aromatic N) is 2. The summed E-state index contributed by atoms with van der Waals surface area (Å²) in [6, 6.07) is -0.0410. The van der Waals surface area contributed by atoms with Crippen molar-refractivity contribution in [2.24, 2.45) is 4.99 Å². The fraction of sp³-hybridized carbons (Fsp3) is 0.467. The van der Waals surface area contributed by atoms with Gasteiger partial charge in [-0.25, -0.2) is 8.42 Å². The molecule has 1 amide bonds. The minimum absolute atomic E-state index is 0.0314. The van der Waals surface area contributed by atoms with Gasteiger partial charge >= 0.3 is 12.4 Å². The maximum Gasteiger partial charge on any atom is 0.416 e. The molecular weight excluding hydrogens is 470 g/mol. The Labute approximate surface area is 170 Å². The van der Waals surface area contributed by atoms with E-state index in [1.165, 1.54) is 0 Å². The molecule has 1 aromatic rings. The van der Waals surface area contributed by atoms with Crippen LogP contribution in [-0.2, 0) is 27.0 Å². The average Bonchev–Trinajstić information content (AvgIpc) is 3.03. The van der Waals surface area contributed by atoms with Crippen molar-refractivity contribution in [1.29, 1.82) is 0 Å². The molecule has 29 heavy (non-hydrogen) atoms. The fourth-order valence-electron chi connectivity index (χ4n) is 3.08. The molecule has 2 fully saturated rings. The first kappa shape index (κ1) is 22.2. The average molecular weight is 481 g/mol. The molecule has 0 aliphatic carbocycles. The number of fused-ring (bicyclic) bond motifs is 1. The van der Waals surface area contributed by atoms with Gasteiger partial charge in [-0.15, -0.1) is 11.6 Å². The predicted octanol–water partition coefficient (Wildman–Crippen LogP) is 3.56. The number of amides is 1. The van der Waals surface area contributed by atoms with Gasteiger partial charge in [-0.05, 0) is 18.2 Å². The lowest BCUT2D eigenvalue weighted by Crippen LogP contribution is -2.38. The summed E-state index contributed by atoms with van der Waals surface area (Å²) < 4.78 is 103. The zero-order valence-corrected chi connectivity index (χ0v) is 16.5. The lowest BCUT2D eigenvalue weighted by molar-refractivity contribution is -0.143. The molecule has 0 spiro atoms. The highest BCUT2D eigenvalue weighted by atomic mass is 35.5. The molecule has 0 unspecified atom stereocenters. The molecule has 5 nitrogen and oxygen atoms in total. The minimum atomic E-state index is -5.08. The monoisotopic (exact) mass is 480 g/mol. The van der Waals surface area contributed by atoms with E-state index in [-0.39, 0.29) is 17.0 Å². The smallest absolute Gasteiger partial charge is 0.316 e. The quantitative estimate of drug-likeness (QED) is 0.478. The van der Waals surface area contributed by atoms with Gasteiger partial charge in [-0.1, -0.05) is 11.8 Å². The van der Waals surface area contributed by atoms with Crippen molar-refractivity contribution in [2.75, 3.05) is 22.3 Å². The van der Waals surface area contributed by atoms with Gasteiger partial charge in [-0.2, -0.15) is 31.3 Å². The summed E-state index contributed by atoms with van der Waals surface area (Å²) in [6.45, 7) is 0. The van der Waals surface area contributed by atoms with Gasteiger partial charge in [0.2, 0.25) is 0 Å². The summed E-state index contributed by atoms with van der Waals surface area (Å²) in [5, 5.41) is -0.876. The summed E-state index contributed by atoms with van der Waals surface area (Å²) >= 11 is 6.19. The Kier molecular flexibility index (Phi) is 5.63. The Balaban J connectivity index is 2.18. The van der Waals surface area contributed by atoms with E-state index in [9.17, 15) is 39.6 Å². The second kappa shape index (κ2) is 7.34. The van der Waals surface area contributed by atoms with Crippen molar-refractivity contribution < 1.29 is 39.6 Å². The van der Waals surface area contributed by atoms with Crippen LogP contribution in [0.3, 0.4) is 0 Å². The van der Waals surface area contributed by atoms with Gasteiger partial charge in [0.15, 0.2) is 15.0 Å². The van der Waals surface area contributed by atoms with Crippen molar-refractivity contribution in [3.8, 4) is 0 Å². The molecule has 2 aliphatic heterocycles. The van der Waals surface area contributed by atoms with Crippen LogP contribution in [0.1, 0.15) is 11.1 Å². The van der Waals surface area contributed by atoms with Crippen LogP contribution < -0.4 is 4.90 Å². The highest BCUT2D eigenvalue weighted by Gasteiger charge is 2.50. The highest BCUT2D eigenvalue weighted by molar-refractivity contribution is 8.16. The van der Waals surface area contributed by atoms with Gasteiger partial charge in [0.1, 0.15) is 5.88 Å². The number of alkyl halides is 7. The summed E-state index contributed by atoms with van der Waals surface area (Å²) in [4.78, 5) is 16.2. The van der Waals surface area contributed by atoms with Crippen LogP contribution in [0.4, 0.5) is 32.0 Å². The number of thioether (sulfide) groups is 1. The lowest BCUT2D eigenvalue weighted by Gasteiger charge is -2.26. The number of carbonyl (C=O) groups excluding carboxylic acids is 1. The van der Waals surface area contributed by atoms with E-state index in [1.54, 1.807) is 0 Å². The SMILES string of the molecule is O=C(CCl)N=C1S[C@H]2CS(=O)(=O)C[C@H]2N1c1cc(C(F)(F)F)cc(C(F)(F)F)c1. The first-order valence-corrected chi connectivity index (χ1v) is 11.1. The number of hydrogen-bond donors (Lipinski definition) is 0. The predicted molar refractivity (Wildman–Crippen MR) is 95.9 cm³/mol. The largest absolute Gasteiger partial charge is 0.416 e. The molecule has 0 saturated carbocycles. The Morgan fingerprint density at radius 3 is 2.14 bits per heavy atom. The van der Waals surface area contributed by atoms with E-state index >= 15 is 0 Å². The van der Waals surface area contributed by atoms with Crippen LogP contribution in [-0.4, -0.2) is 48.2 Å². The molecule has 0 N–H and O–H groups in total. The van der Waals surface area contributed by atoms with Crippen LogP contribution in [0.25, 0.3) is 0 Å². The van der Waals surface area contributed by atoms with E-state index in [0.29, 0.717) is 12.1 Å². The topological polar surface area (TPSA) is 66.8 Å². The van der Waals surface area contributed by atoms with Crippen LogP contribution in [0.15, 0.2) is 23.2 Å². The molecule has 2 heterocycles. The van der Waals surface area contributed by atoms with E-state index < -0.39 is 67.8 Å². The summed E-state index contributed by atoms with van der Waals surface area (Å²) in [7, 11) is -3.55. The number of benzene rings is 1. The summed E-state index contributed by atoms with van der Waals surface area (Å²) in [5.41, 5.74) is -3.66. The van der Waals surface area contributed by atoms with Gasteiger partial charge in [-0.3, -0.25) is 4.79 Å². The number of amidine groups is 1. The van der Waals surface area contributed by atoms with Crippen molar-refractivity contribution in [3.63, 3.8) is 0 Å². The highest BCUT2D eigenvalue weighted by Crippen LogP contribution is 2.44. The molecule has 2 aliphatic rings. The van der Waals surface area contributed by atoms with Crippen LogP contribution in [0, 0.1) is 0 Å². The lowest BCUT2D eigenvalue weighted by atomic mass is 10.1. The molecule has 14 heteroatoms. The molecular formula is C15H11ClF6N2O3S2. The van der Waals surface area contributed by atoms with Crippen molar-refractivity contribution >= 4 is 50.0 Å². The molecule has 2 saturated heterocycles. The van der Waals surface area contributed by atoms with E-state index in [2.05, 4.69) is 4.99 Å². The van der Waals surface area contributed by atoms with Crippen molar-refractivity contribution in [2.45, 2.75) is 23.6 Å². The summed E-state index contributed by atoms with van der Waals surface area (Å²) in [6.07, 6.45) is -10.2. The number of carbonyl (C=O) groups is 1. The Hall–Kier alpha value is -1.47. The first-order chi connectivity index (χ1) is 13.2. The Morgan fingerprint density at radius 2 is 1.66 bits per heavy atom. The number of sulfone groups is 1. The third kappa shape index (κ3) is 4.66. The third-order valence-electron chi connectivity index (χ3n) is 4.25. The second-order valence-electron chi connectivity index (χ2n) is 6.36. The minimum Gasteiger partial charge on any atom is -0.316 e. The number of anilines is 1. The Bertz CT molecular complexity index is 945. The molecule has 2 atom stereocenters. The van der Waals surface area contributed by atoms with Crippen LogP contribution >= 0.6 is 23.4 Å². The molecule has 160 valence electrons. The third-order valence-corrected chi connectivity index (χ3v) is 7.69. The number of hydrogen-bond acceptors (Lipinski definition) is 4. The number of halogens is 7. The number of rotatable bonds is 2. The van der Waals surface area contributed by atoms with Gasteiger partial charge in [0.25, 0.3) is 5.91 Å². The molecule has 3 rings (SSSR count). The van der Waals surface area contributed by atoms with Crippen LogP contribution in [0.2, 0.25) is 0 Å². The van der Waals surface area contributed by atoms with E-state index in [1.807, 2.05) is 0 Å². The first-order valence-electron chi connectivity index (χ1n) is 7.84. The maximum absolute atomic E-state index is 13.2. The second-order valence-corrected chi connectivity index (χ2v) is 9.98. The Morgan fingerprint density at radius 1 is 1.10 bits per heavy atom. The molecule has 0 radical (unpaired) electrons.